The number of carbonyl (C=O) groups is 1. The fourth-order valence-electron chi connectivity index (χ4n) is 1.54. The second-order valence-corrected chi connectivity index (χ2v) is 5.15. The van der Waals surface area contributed by atoms with Gasteiger partial charge in [-0.05, 0) is 24.6 Å². The van der Waals surface area contributed by atoms with Gasteiger partial charge in [-0.15, -0.1) is 11.8 Å². The highest BCUT2D eigenvalue weighted by molar-refractivity contribution is 8.00. The number of hydrogen-bond acceptors (Lipinski definition) is 4. The maximum absolute atomic E-state index is 13.0. The number of benzene rings is 1. The van der Waals surface area contributed by atoms with Gasteiger partial charge < -0.3 is 15.2 Å². The molecule has 0 heterocycles. The molecular formula is C13H17F2NO3S. The number of hydrogen-bond donors (Lipinski definition) is 2. The lowest BCUT2D eigenvalue weighted by Gasteiger charge is -2.16. The minimum atomic E-state index is -0.937. The van der Waals surface area contributed by atoms with Crippen LogP contribution < -0.4 is 5.32 Å². The van der Waals surface area contributed by atoms with Crippen LogP contribution in [0.25, 0.3) is 0 Å². The summed E-state index contributed by atoms with van der Waals surface area (Å²) < 4.78 is 30.6. The van der Waals surface area contributed by atoms with E-state index in [1.165, 1.54) is 13.2 Å². The van der Waals surface area contributed by atoms with E-state index in [9.17, 15) is 13.6 Å². The molecule has 0 fully saturated rings. The maximum atomic E-state index is 13.0. The Morgan fingerprint density at radius 2 is 2.20 bits per heavy atom. The van der Waals surface area contributed by atoms with Gasteiger partial charge in [-0.25, -0.2) is 8.78 Å². The van der Waals surface area contributed by atoms with Crippen LogP contribution in [-0.4, -0.2) is 43.1 Å². The Morgan fingerprint density at radius 3 is 2.80 bits per heavy atom. The molecule has 0 bridgehead atoms. The van der Waals surface area contributed by atoms with Gasteiger partial charge in [0.05, 0.1) is 18.4 Å². The normalized spacial score (nSPS) is 12.2. The topological polar surface area (TPSA) is 58.6 Å². The molecule has 112 valence electrons. The van der Waals surface area contributed by atoms with Crippen molar-refractivity contribution >= 4 is 17.7 Å². The molecule has 20 heavy (non-hydrogen) atoms. The van der Waals surface area contributed by atoms with E-state index in [1.807, 2.05) is 0 Å². The molecule has 1 rings (SSSR count). The number of aliphatic hydroxyl groups is 1. The standard InChI is InChI=1S/C13H17F2NO3S/c1-19-7-9(4-5-17)16-13(18)8-20-10-2-3-11(14)12(15)6-10/h2-3,6,9,17H,4-5,7-8H2,1H3,(H,16,18). The van der Waals surface area contributed by atoms with Crippen LogP contribution in [0.1, 0.15) is 6.42 Å². The molecule has 0 aliphatic heterocycles. The Kier molecular flexibility index (Phi) is 7.50. The van der Waals surface area contributed by atoms with Crippen molar-refractivity contribution < 1.29 is 23.4 Å². The summed E-state index contributed by atoms with van der Waals surface area (Å²) in [6, 6.07) is 3.22. The van der Waals surface area contributed by atoms with Gasteiger partial charge >= 0.3 is 0 Å². The molecule has 1 unspecified atom stereocenters. The third-order valence-corrected chi connectivity index (χ3v) is 3.47. The summed E-state index contributed by atoms with van der Waals surface area (Å²) in [5.41, 5.74) is 0. The van der Waals surface area contributed by atoms with E-state index in [-0.39, 0.29) is 24.3 Å². The molecule has 0 aromatic heterocycles. The fraction of sp³-hybridized carbons (Fsp3) is 0.462. The summed E-state index contributed by atoms with van der Waals surface area (Å²) >= 11 is 1.11. The van der Waals surface area contributed by atoms with Crippen LogP contribution in [-0.2, 0) is 9.53 Å². The molecule has 0 radical (unpaired) electrons. The molecule has 1 aromatic rings. The lowest BCUT2D eigenvalue weighted by Crippen LogP contribution is -2.39. The third kappa shape index (κ3) is 5.85. The molecule has 2 N–H and O–H groups in total. The van der Waals surface area contributed by atoms with Crippen LogP contribution in [0, 0.1) is 11.6 Å². The van der Waals surface area contributed by atoms with Gasteiger partial charge in [-0.3, -0.25) is 4.79 Å². The van der Waals surface area contributed by atoms with Gasteiger partial charge in [0, 0.05) is 18.6 Å². The first-order valence-electron chi connectivity index (χ1n) is 6.03. The number of amides is 1. The highest BCUT2D eigenvalue weighted by Crippen LogP contribution is 2.20. The summed E-state index contributed by atoms with van der Waals surface area (Å²) in [6.07, 6.45) is 0.398. The summed E-state index contributed by atoms with van der Waals surface area (Å²) in [7, 11) is 1.51. The number of nitrogens with one attached hydrogen (secondary N) is 1. The molecular weight excluding hydrogens is 288 g/mol. The highest BCUT2D eigenvalue weighted by Gasteiger charge is 2.12. The van der Waals surface area contributed by atoms with Gasteiger partial charge in [0.2, 0.25) is 5.91 Å². The molecule has 0 saturated heterocycles. The summed E-state index contributed by atoms with van der Waals surface area (Å²) in [5.74, 6) is -2.03. The van der Waals surface area contributed by atoms with Crippen LogP contribution in [0.4, 0.5) is 8.78 Å². The Bertz CT molecular complexity index is 440. The van der Waals surface area contributed by atoms with Gasteiger partial charge in [0.1, 0.15) is 0 Å². The number of aliphatic hydroxyl groups excluding tert-OH is 1. The van der Waals surface area contributed by atoms with Crippen molar-refractivity contribution in [3.63, 3.8) is 0 Å². The average Bonchev–Trinajstić information content (AvgIpc) is 2.41. The number of ether oxygens (including phenoxy) is 1. The number of methoxy groups -OCH3 is 1. The molecule has 0 spiro atoms. The van der Waals surface area contributed by atoms with E-state index < -0.39 is 11.6 Å². The molecule has 1 atom stereocenters. The molecule has 0 saturated carbocycles. The van der Waals surface area contributed by atoms with E-state index >= 15 is 0 Å². The van der Waals surface area contributed by atoms with Gasteiger partial charge in [-0.2, -0.15) is 0 Å². The average molecular weight is 305 g/mol. The quantitative estimate of drug-likeness (QED) is 0.716. The Morgan fingerprint density at radius 1 is 1.45 bits per heavy atom. The van der Waals surface area contributed by atoms with Crippen LogP contribution in [0.2, 0.25) is 0 Å². The molecule has 4 nitrogen and oxygen atoms in total. The van der Waals surface area contributed by atoms with Crippen molar-refractivity contribution in [2.24, 2.45) is 0 Å². The largest absolute Gasteiger partial charge is 0.396 e. The van der Waals surface area contributed by atoms with E-state index in [1.54, 1.807) is 0 Å². The maximum Gasteiger partial charge on any atom is 0.230 e. The Labute approximate surface area is 120 Å². The molecule has 0 aliphatic carbocycles. The molecule has 0 aliphatic rings. The molecule has 7 heteroatoms. The SMILES string of the molecule is COCC(CCO)NC(=O)CSc1ccc(F)c(F)c1. The van der Waals surface area contributed by atoms with E-state index in [0.29, 0.717) is 17.9 Å². The lowest BCUT2D eigenvalue weighted by atomic mass is 10.2. The van der Waals surface area contributed by atoms with Crippen molar-refractivity contribution in [2.75, 3.05) is 26.1 Å². The predicted molar refractivity (Wildman–Crippen MR) is 72.6 cm³/mol. The minimum Gasteiger partial charge on any atom is -0.396 e. The van der Waals surface area contributed by atoms with Gasteiger partial charge in [0.15, 0.2) is 11.6 Å². The van der Waals surface area contributed by atoms with Crippen LogP contribution >= 0.6 is 11.8 Å². The number of rotatable bonds is 8. The molecule has 1 aromatic carbocycles. The Balaban J connectivity index is 2.43. The van der Waals surface area contributed by atoms with Gasteiger partial charge in [-0.1, -0.05) is 0 Å². The smallest absolute Gasteiger partial charge is 0.230 e. The van der Waals surface area contributed by atoms with E-state index in [4.69, 9.17) is 9.84 Å². The Hall–Kier alpha value is -1.18. The minimum absolute atomic E-state index is 0.0510. The second-order valence-electron chi connectivity index (χ2n) is 4.10. The fourth-order valence-corrected chi connectivity index (χ4v) is 2.27. The summed E-state index contributed by atoms with van der Waals surface area (Å²) in [6.45, 7) is 0.257. The van der Waals surface area contributed by atoms with E-state index in [0.717, 1.165) is 23.9 Å². The third-order valence-electron chi connectivity index (χ3n) is 2.47. The summed E-state index contributed by atoms with van der Waals surface area (Å²) in [4.78, 5) is 12.2. The second kappa shape index (κ2) is 8.89. The van der Waals surface area contributed by atoms with Crippen LogP contribution in [0.5, 0.6) is 0 Å². The van der Waals surface area contributed by atoms with Crippen molar-refractivity contribution in [1.29, 1.82) is 0 Å². The zero-order valence-corrected chi connectivity index (χ0v) is 11.9. The summed E-state index contributed by atoms with van der Waals surface area (Å²) in [5, 5.41) is 11.6. The van der Waals surface area contributed by atoms with Crippen molar-refractivity contribution in [3.8, 4) is 0 Å². The number of thioether (sulfide) groups is 1. The molecule has 1 amide bonds. The van der Waals surface area contributed by atoms with Crippen molar-refractivity contribution in [3.05, 3.63) is 29.8 Å². The van der Waals surface area contributed by atoms with Crippen LogP contribution in [0.3, 0.4) is 0 Å². The lowest BCUT2D eigenvalue weighted by molar-refractivity contribution is -0.119. The van der Waals surface area contributed by atoms with Crippen molar-refractivity contribution in [2.45, 2.75) is 17.4 Å². The zero-order chi connectivity index (χ0) is 15.0. The first-order valence-corrected chi connectivity index (χ1v) is 7.02. The van der Waals surface area contributed by atoms with Gasteiger partial charge in [0.25, 0.3) is 0 Å². The van der Waals surface area contributed by atoms with Crippen LogP contribution in [0.15, 0.2) is 23.1 Å². The van der Waals surface area contributed by atoms with Crippen molar-refractivity contribution in [1.82, 2.24) is 5.32 Å². The first kappa shape index (κ1) is 16.9. The predicted octanol–water partition coefficient (Wildman–Crippen LogP) is 1.57. The first-order chi connectivity index (χ1) is 9.56. The number of carbonyl (C=O) groups excluding carboxylic acids is 1. The zero-order valence-electron chi connectivity index (χ0n) is 11.1. The highest BCUT2D eigenvalue weighted by atomic mass is 32.2. The van der Waals surface area contributed by atoms with E-state index in [2.05, 4.69) is 5.32 Å². The number of halogens is 2. The monoisotopic (exact) mass is 305 g/mol.